The molecule has 10 bridgehead atoms. The van der Waals surface area contributed by atoms with Gasteiger partial charge in [0.05, 0.1) is 5.58 Å². The minimum atomic E-state index is 0. The normalized spacial score (nSPS) is 10.9. The van der Waals surface area contributed by atoms with Crippen molar-refractivity contribution in [2.75, 3.05) is 0 Å². The Hall–Kier alpha value is -5.93. The van der Waals surface area contributed by atoms with Gasteiger partial charge in [-0.05, 0) is 92.1 Å². The first-order valence-corrected chi connectivity index (χ1v) is 17.5. The Morgan fingerprint density at radius 3 is 1.74 bits per heavy atom. The molecule has 4 heteroatoms. The molecule has 4 aromatic heterocycles. The molecule has 0 fully saturated rings. The second-order valence-corrected chi connectivity index (χ2v) is 13.5. The van der Waals surface area contributed by atoms with Gasteiger partial charge >= 0.3 is 20.1 Å². The van der Waals surface area contributed by atoms with Crippen molar-refractivity contribution in [2.45, 2.75) is 20.8 Å². The first-order valence-electron chi connectivity index (χ1n) is 17.5. The molecular weight excluding hydrogens is 837 g/mol. The van der Waals surface area contributed by atoms with Crippen LogP contribution in [0.3, 0.4) is 0 Å². The molecule has 0 aliphatic rings. The maximum atomic E-state index is 6.68. The molecule has 54 heavy (non-hydrogen) atoms. The van der Waals surface area contributed by atoms with Gasteiger partial charge in [-0.1, -0.05) is 109 Å². The van der Waals surface area contributed by atoms with Gasteiger partial charge in [0.25, 0.3) is 0 Å². The van der Waals surface area contributed by atoms with Crippen LogP contribution < -0.4 is 0 Å². The maximum Gasteiger partial charge on any atom is 3.00 e. The van der Waals surface area contributed by atoms with Crippen LogP contribution in [0.15, 0.2) is 156 Å². The standard InChI is InChI=1S/C36H22NO.C13H12N.CH3.Ir/c1-22-21-37-34-20-33(22)28-12-4-10-26(19-28)24-8-2-7-23(17-24)25-9-3-11-27(18-25)29-13-5-14-30-31-15-6-16-32(34)36(31)38-35(29)30;1-10-3-6-12(7-4-10)13-8-5-11(2)9-14-13;;/h2-15,17-21H,1H3;3-6,8-9H,1-2H3;1H3;/q3*-1;+3. The van der Waals surface area contributed by atoms with Crippen molar-refractivity contribution < 1.29 is 24.5 Å². The molecule has 0 aliphatic heterocycles. The van der Waals surface area contributed by atoms with Crippen molar-refractivity contribution in [1.29, 1.82) is 0 Å². The number of furan rings is 1. The van der Waals surface area contributed by atoms with E-state index in [0.717, 1.165) is 65.8 Å². The Bertz CT molecular complexity index is 2990. The Balaban J connectivity index is 0.000000239. The summed E-state index contributed by atoms with van der Waals surface area (Å²) in [5.41, 5.74) is 8.13. The molecule has 0 aliphatic carbocycles. The van der Waals surface area contributed by atoms with Crippen molar-refractivity contribution in [2.24, 2.45) is 0 Å². The molecule has 0 amide bonds. The zero-order valence-corrected chi connectivity index (χ0v) is 33.0. The Labute approximate surface area is 329 Å². The van der Waals surface area contributed by atoms with Crippen LogP contribution in [0.4, 0.5) is 0 Å². The van der Waals surface area contributed by atoms with Crippen LogP contribution in [0.1, 0.15) is 16.7 Å². The van der Waals surface area contributed by atoms with Gasteiger partial charge in [-0.2, -0.15) is 0 Å². The number of para-hydroxylation sites is 1. The second-order valence-electron chi connectivity index (χ2n) is 13.5. The summed E-state index contributed by atoms with van der Waals surface area (Å²) in [6.07, 6.45) is 3.83. The van der Waals surface area contributed by atoms with Crippen LogP contribution in [0, 0.1) is 40.3 Å². The van der Waals surface area contributed by atoms with E-state index in [1.54, 1.807) is 0 Å². The van der Waals surface area contributed by atoms with Crippen molar-refractivity contribution in [1.82, 2.24) is 9.97 Å². The molecule has 0 unspecified atom stereocenters. The van der Waals surface area contributed by atoms with Crippen LogP contribution in [0.2, 0.25) is 0 Å². The number of rotatable bonds is 1. The van der Waals surface area contributed by atoms with Crippen molar-refractivity contribution >= 4 is 75.9 Å². The number of fused-ring (bicyclic) bond motifs is 14. The van der Waals surface area contributed by atoms with E-state index in [1.807, 2.05) is 43.6 Å². The van der Waals surface area contributed by atoms with Gasteiger partial charge in [-0.15, -0.1) is 53.6 Å². The van der Waals surface area contributed by atoms with Crippen LogP contribution in [0.5, 0.6) is 0 Å². The molecule has 6 aromatic carbocycles. The summed E-state index contributed by atoms with van der Waals surface area (Å²) in [5.74, 6) is 0. The fourth-order valence-electron chi connectivity index (χ4n) is 7.05. The number of pyridine rings is 2. The van der Waals surface area contributed by atoms with E-state index < -0.39 is 0 Å². The quantitative estimate of drug-likeness (QED) is 0.154. The van der Waals surface area contributed by atoms with E-state index >= 15 is 0 Å². The van der Waals surface area contributed by atoms with E-state index in [0.29, 0.717) is 0 Å². The predicted octanol–water partition coefficient (Wildman–Crippen LogP) is 13.6. The topological polar surface area (TPSA) is 38.9 Å². The largest absolute Gasteiger partial charge is 3.00 e. The van der Waals surface area contributed by atoms with Gasteiger partial charge in [0.2, 0.25) is 0 Å². The van der Waals surface area contributed by atoms with Gasteiger partial charge in [0.1, 0.15) is 5.58 Å². The minimum absolute atomic E-state index is 0. The summed E-state index contributed by atoms with van der Waals surface area (Å²) in [5, 5.41) is 12.3. The average Bonchev–Trinajstić information content (AvgIpc) is 3.58. The molecule has 3 nitrogen and oxygen atoms in total. The summed E-state index contributed by atoms with van der Waals surface area (Å²) in [4.78, 5) is 9.18. The van der Waals surface area contributed by atoms with Gasteiger partial charge in [-0.3, -0.25) is 0 Å². The van der Waals surface area contributed by atoms with Gasteiger partial charge in [0, 0.05) is 23.2 Å². The van der Waals surface area contributed by atoms with Crippen LogP contribution in [-0.2, 0) is 20.1 Å². The SMILES string of the molecule is Cc1c[c-]c(-c2ccc(C)cn2)cc1.Cc1cnc2cc1c1cccc(c1)c1cccc(c1)c1cccc(c1)c1cccc3c4cc[c-]c2c4oc13.[CH3-].[Ir+3]. The first-order chi connectivity index (χ1) is 25.5. The first kappa shape index (κ1) is 36.4. The number of aromatic nitrogens is 2. The number of aryl methyl sites for hydroxylation is 3. The second kappa shape index (κ2) is 15.2. The Kier molecular flexibility index (Phi) is 10.3. The average molecular weight is 874 g/mol. The number of hydrogen-bond acceptors (Lipinski definition) is 3. The van der Waals surface area contributed by atoms with E-state index in [9.17, 15) is 0 Å². The van der Waals surface area contributed by atoms with E-state index in [1.165, 1.54) is 38.1 Å². The number of nitrogens with zero attached hydrogens (tertiary/aromatic N) is 2. The predicted molar refractivity (Wildman–Crippen MR) is 225 cm³/mol. The molecule has 0 atom stereocenters. The van der Waals surface area contributed by atoms with E-state index in [-0.39, 0.29) is 27.5 Å². The number of benzene rings is 6. The fourth-order valence-corrected chi connectivity index (χ4v) is 7.05. The molecule has 0 N–H and O–H groups in total. The third-order valence-electron chi connectivity index (χ3n) is 9.85. The van der Waals surface area contributed by atoms with Crippen molar-refractivity contribution in [3.05, 3.63) is 188 Å². The maximum absolute atomic E-state index is 6.68. The van der Waals surface area contributed by atoms with Crippen molar-refractivity contribution in [3.8, 4) is 11.3 Å². The fraction of sp³-hybridized carbons (Fsp3) is 0.0600. The third-order valence-corrected chi connectivity index (χ3v) is 9.85. The molecule has 0 saturated heterocycles. The summed E-state index contributed by atoms with van der Waals surface area (Å²) in [7, 11) is 0. The van der Waals surface area contributed by atoms with Crippen LogP contribution in [-0.4, -0.2) is 9.97 Å². The smallest absolute Gasteiger partial charge is 0.500 e. The van der Waals surface area contributed by atoms with Crippen molar-refractivity contribution in [3.63, 3.8) is 0 Å². The van der Waals surface area contributed by atoms with Gasteiger partial charge < -0.3 is 21.8 Å². The zero-order chi connectivity index (χ0) is 35.2. The van der Waals surface area contributed by atoms with E-state index in [2.05, 4.69) is 146 Å². The molecule has 0 spiro atoms. The summed E-state index contributed by atoms with van der Waals surface area (Å²) >= 11 is 0. The summed E-state index contributed by atoms with van der Waals surface area (Å²) in [6, 6.07) is 55.8. The molecule has 262 valence electrons. The van der Waals surface area contributed by atoms with Crippen LogP contribution >= 0.6 is 0 Å². The van der Waals surface area contributed by atoms with Gasteiger partial charge in [0.15, 0.2) is 0 Å². The minimum Gasteiger partial charge on any atom is -0.500 e. The number of hydrogen-bond donors (Lipinski definition) is 0. The van der Waals surface area contributed by atoms with Gasteiger partial charge in [-0.25, -0.2) is 0 Å². The summed E-state index contributed by atoms with van der Waals surface area (Å²) < 4.78 is 6.68. The molecule has 0 saturated carbocycles. The summed E-state index contributed by atoms with van der Waals surface area (Å²) in [6.45, 7) is 6.21. The van der Waals surface area contributed by atoms with E-state index in [4.69, 9.17) is 9.40 Å². The molecule has 0 radical (unpaired) electrons. The van der Waals surface area contributed by atoms with Crippen LogP contribution in [0.25, 0.3) is 87.2 Å². The Morgan fingerprint density at radius 1 is 0.500 bits per heavy atom. The monoisotopic (exact) mass is 874 g/mol. The molecular formula is C50H37IrN2O. The molecule has 10 aromatic rings. The molecule has 4 heterocycles. The Morgan fingerprint density at radius 2 is 1.09 bits per heavy atom. The zero-order valence-electron chi connectivity index (χ0n) is 30.6. The molecule has 10 rings (SSSR count). The third kappa shape index (κ3) is 6.83.